The number of nitrogens with zero attached hydrogens (tertiary/aromatic N) is 2. The first-order valence-corrected chi connectivity index (χ1v) is 6.71. The first kappa shape index (κ1) is 13.9. The summed E-state index contributed by atoms with van der Waals surface area (Å²) in [7, 11) is 1.86. The lowest BCUT2D eigenvalue weighted by Crippen LogP contribution is -2.36. The Morgan fingerprint density at radius 2 is 2.11 bits per heavy atom. The molecular formula is C14H18ClN3O. The highest BCUT2D eigenvalue weighted by molar-refractivity contribution is 6.38. The van der Waals surface area contributed by atoms with Crippen LogP contribution in [0.4, 0.5) is 0 Å². The Hall–Kier alpha value is -1.52. The topological polar surface area (TPSA) is 51.3 Å². The molecule has 1 amide bonds. The van der Waals surface area contributed by atoms with Crippen LogP contribution in [0, 0.1) is 0 Å². The molecule has 0 radical (unpaired) electrons. The van der Waals surface area contributed by atoms with Gasteiger partial charge in [0.15, 0.2) is 0 Å². The van der Waals surface area contributed by atoms with E-state index in [9.17, 15) is 4.79 Å². The molecule has 0 bridgehead atoms. The second-order valence-electron chi connectivity index (χ2n) is 4.41. The smallest absolute Gasteiger partial charge is 0.272 e. The zero-order valence-corrected chi connectivity index (χ0v) is 11.9. The molecule has 19 heavy (non-hydrogen) atoms. The summed E-state index contributed by atoms with van der Waals surface area (Å²) in [5.74, 6) is -0.0725. The van der Waals surface area contributed by atoms with Gasteiger partial charge in [0, 0.05) is 37.6 Å². The van der Waals surface area contributed by atoms with Crippen LogP contribution < -0.4 is 5.73 Å². The van der Waals surface area contributed by atoms with E-state index in [0.29, 0.717) is 30.4 Å². The third-order valence-corrected chi connectivity index (χ3v) is 3.70. The van der Waals surface area contributed by atoms with E-state index in [-0.39, 0.29) is 5.91 Å². The quantitative estimate of drug-likeness (QED) is 0.933. The number of nitrogens with two attached hydrogens (primary N) is 1. The van der Waals surface area contributed by atoms with E-state index in [0.717, 1.165) is 10.9 Å². The lowest BCUT2D eigenvalue weighted by Gasteiger charge is -2.20. The van der Waals surface area contributed by atoms with Gasteiger partial charge in [-0.3, -0.25) is 4.79 Å². The third-order valence-electron chi connectivity index (χ3n) is 3.32. The number of carbonyl (C=O) groups is 1. The number of aromatic nitrogens is 1. The minimum absolute atomic E-state index is 0.0725. The van der Waals surface area contributed by atoms with Gasteiger partial charge in [0.2, 0.25) is 0 Å². The Kier molecular flexibility index (Phi) is 4.12. The highest BCUT2D eigenvalue weighted by Crippen LogP contribution is 2.30. The van der Waals surface area contributed by atoms with E-state index in [4.69, 9.17) is 17.3 Å². The van der Waals surface area contributed by atoms with Crippen molar-refractivity contribution in [3.05, 3.63) is 35.0 Å². The molecule has 1 aromatic carbocycles. The van der Waals surface area contributed by atoms with Crippen LogP contribution in [0.3, 0.4) is 0 Å². The summed E-state index contributed by atoms with van der Waals surface area (Å²) in [6, 6.07) is 7.73. The minimum atomic E-state index is -0.0725. The molecule has 0 atom stereocenters. The molecule has 0 aliphatic carbocycles. The summed E-state index contributed by atoms with van der Waals surface area (Å²) in [6.45, 7) is 3.53. The summed E-state index contributed by atoms with van der Waals surface area (Å²) < 4.78 is 1.85. The number of rotatable bonds is 4. The van der Waals surface area contributed by atoms with Crippen molar-refractivity contribution in [2.45, 2.75) is 6.92 Å². The van der Waals surface area contributed by atoms with Crippen molar-refractivity contribution in [2.75, 3.05) is 19.6 Å². The number of amides is 1. The molecule has 5 heteroatoms. The van der Waals surface area contributed by atoms with Crippen LogP contribution in [0.15, 0.2) is 24.3 Å². The van der Waals surface area contributed by atoms with Crippen molar-refractivity contribution < 1.29 is 4.79 Å². The van der Waals surface area contributed by atoms with E-state index in [1.807, 2.05) is 42.8 Å². The maximum atomic E-state index is 12.5. The lowest BCUT2D eigenvalue weighted by atomic mass is 10.2. The normalized spacial score (nSPS) is 10.9. The summed E-state index contributed by atoms with van der Waals surface area (Å²) in [5, 5.41) is 1.41. The van der Waals surface area contributed by atoms with Gasteiger partial charge in [-0.05, 0) is 13.0 Å². The van der Waals surface area contributed by atoms with Crippen LogP contribution in [-0.4, -0.2) is 35.0 Å². The van der Waals surface area contributed by atoms with Crippen LogP contribution in [0.5, 0.6) is 0 Å². The van der Waals surface area contributed by atoms with Crippen molar-refractivity contribution >= 4 is 28.4 Å². The summed E-state index contributed by atoms with van der Waals surface area (Å²) in [5.41, 5.74) is 7.02. The fourth-order valence-corrected chi connectivity index (χ4v) is 2.66. The van der Waals surface area contributed by atoms with E-state index in [2.05, 4.69) is 0 Å². The van der Waals surface area contributed by atoms with Crippen molar-refractivity contribution in [1.29, 1.82) is 0 Å². The predicted octanol–water partition coefficient (Wildman–Crippen LogP) is 2.25. The molecule has 0 unspecified atom stereocenters. The van der Waals surface area contributed by atoms with Crippen LogP contribution in [0.2, 0.25) is 5.02 Å². The highest BCUT2D eigenvalue weighted by atomic mass is 35.5. The van der Waals surface area contributed by atoms with Gasteiger partial charge in [0.1, 0.15) is 5.69 Å². The van der Waals surface area contributed by atoms with Crippen LogP contribution in [-0.2, 0) is 7.05 Å². The molecule has 0 saturated heterocycles. The molecule has 102 valence electrons. The Labute approximate surface area is 117 Å². The standard InChI is InChI=1S/C14H18ClN3O/c1-3-18(9-8-16)14(19)13-12(15)10-6-4-5-7-11(10)17(13)2/h4-7H,3,8-9,16H2,1-2H3. The average Bonchev–Trinajstić information content (AvgIpc) is 2.68. The maximum absolute atomic E-state index is 12.5. The van der Waals surface area contributed by atoms with E-state index in [1.54, 1.807) is 4.90 Å². The summed E-state index contributed by atoms with van der Waals surface area (Å²) in [6.07, 6.45) is 0. The van der Waals surface area contributed by atoms with Gasteiger partial charge in [-0.15, -0.1) is 0 Å². The molecule has 2 aromatic rings. The number of aryl methyl sites for hydroxylation is 1. The van der Waals surface area contributed by atoms with Gasteiger partial charge in [0.25, 0.3) is 5.91 Å². The first-order valence-electron chi connectivity index (χ1n) is 6.34. The third kappa shape index (κ3) is 2.33. The molecule has 0 aliphatic heterocycles. The zero-order chi connectivity index (χ0) is 14.0. The fraction of sp³-hybridized carbons (Fsp3) is 0.357. The van der Waals surface area contributed by atoms with Gasteiger partial charge in [-0.2, -0.15) is 0 Å². The van der Waals surface area contributed by atoms with Gasteiger partial charge in [0.05, 0.1) is 5.02 Å². The molecular weight excluding hydrogens is 262 g/mol. The SMILES string of the molecule is CCN(CCN)C(=O)c1c(Cl)c2ccccc2n1C. The van der Waals surface area contributed by atoms with Crippen LogP contribution >= 0.6 is 11.6 Å². The second kappa shape index (κ2) is 5.63. The number of likely N-dealkylation sites (N-methyl/N-ethyl adjacent to an activating group) is 1. The van der Waals surface area contributed by atoms with E-state index in [1.165, 1.54) is 0 Å². The zero-order valence-electron chi connectivity index (χ0n) is 11.2. The van der Waals surface area contributed by atoms with Crippen molar-refractivity contribution in [2.24, 2.45) is 12.8 Å². The lowest BCUT2D eigenvalue weighted by molar-refractivity contribution is 0.0760. The largest absolute Gasteiger partial charge is 0.338 e. The van der Waals surface area contributed by atoms with Gasteiger partial charge >= 0.3 is 0 Å². The van der Waals surface area contributed by atoms with E-state index >= 15 is 0 Å². The van der Waals surface area contributed by atoms with Crippen molar-refractivity contribution in [3.8, 4) is 0 Å². The Morgan fingerprint density at radius 1 is 1.42 bits per heavy atom. The first-order chi connectivity index (χ1) is 9.11. The molecule has 0 saturated carbocycles. The molecule has 1 heterocycles. The number of hydrogen-bond donors (Lipinski definition) is 1. The molecule has 4 nitrogen and oxygen atoms in total. The van der Waals surface area contributed by atoms with Crippen molar-refractivity contribution in [1.82, 2.24) is 9.47 Å². The molecule has 1 aromatic heterocycles. The number of fused-ring (bicyclic) bond motifs is 1. The highest BCUT2D eigenvalue weighted by Gasteiger charge is 2.23. The molecule has 2 rings (SSSR count). The summed E-state index contributed by atoms with van der Waals surface area (Å²) >= 11 is 6.36. The average molecular weight is 280 g/mol. The Bertz CT molecular complexity index is 567. The molecule has 2 N–H and O–H groups in total. The Morgan fingerprint density at radius 3 is 2.68 bits per heavy atom. The van der Waals surface area contributed by atoms with Gasteiger partial charge in [-0.25, -0.2) is 0 Å². The maximum Gasteiger partial charge on any atom is 0.272 e. The molecule has 0 spiro atoms. The van der Waals surface area contributed by atoms with Gasteiger partial charge in [-0.1, -0.05) is 29.8 Å². The van der Waals surface area contributed by atoms with Crippen LogP contribution in [0.1, 0.15) is 17.4 Å². The number of benzene rings is 1. The number of hydrogen-bond acceptors (Lipinski definition) is 2. The fourth-order valence-electron chi connectivity index (χ4n) is 2.29. The van der Waals surface area contributed by atoms with E-state index < -0.39 is 0 Å². The number of para-hydroxylation sites is 1. The molecule has 0 aliphatic rings. The second-order valence-corrected chi connectivity index (χ2v) is 4.79. The van der Waals surface area contributed by atoms with Gasteiger partial charge < -0.3 is 15.2 Å². The van der Waals surface area contributed by atoms with Crippen LogP contribution in [0.25, 0.3) is 10.9 Å². The Balaban J connectivity index is 2.53. The minimum Gasteiger partial charge on any atom is -0.338 e. The number of carbonyl (C=O) groups excluding carboxylic acids is 1. The van der Waals surface area contributed by atoms with Crippen molar-refractivity contribution in [3.63, 3.8) is 0 Å². The molecule has 0 fully saturated rings. The predicted molar refractivity (Wildman–Crippen MR) is 78.6 cm³/mol. The number of halogens is 1. The monoisotopic (exact) mass is 279 g/mol. The summed E-state index contributed by atoms with van der Waals surface area (Å²) in [4.78, 5) is 14.3.